The number of hydrogen-bond donors (Lipinski definition) is 0. The molecular formula is C22H15F3N2O3S. The minimum Gasteiger partial charge on any atom is -0.287 e. The summed E-state index contributed by atoms with van der Waals surface area (Å²) in [5.74, 6) is -0.861. The highest BCUT2D eigenvalue weighted by atomic mass is 32.2. The number of aryl methyl sites for hydroxylation is 1. The van der Waals surface area contributed by atoms with Crippen LogP contribution in [0.2, 0.25) is 0 Å². The van der Waals surface area contributed by atoms with E-state index in [9.17, 15) is 26.4 Å². The smallest absolute Gasteiger partial charge is 0.287 e. The molecule has 5 nitrogen and oxygen atoms in total. The lowest BCUT2D eigenvalue weighted by Gasteiger charge is -2.12. The molecule has 0 aliphatic rings. The number of benzene rings is 2. The van der Waals surface area contributed by atoms with Gasteiger partial charge in [0, 0.05) is 17.1 Å². The summed E-state index contributed by atoms with van der Waals surface area (Å²) in [5, 5.41) is 0.464. The average molecular weight is 444 g/mol. The van der Waals surface area contributed by atoms with E-state index in [1.54, 1.807) is 37.3 Å². The van der Waals surface area contributed by atoms with E-state index in [0.717, 1.165) is 21.8 Å². The molecule has 0 bridgehead atoms. The van der Waals surface area contributed by atoms with Crippen LogP contribution in [-0.4, -0.2) is 23.2 Å². The van der Waals surface area contributed by atoms with E-state index in [1.165, 1.54) is 24.3 Å². The largest absolute Gasteiger partial charge is 0.433 e. The molecule has 0 atom stereocenters. The molecule has 2 aromatic heterocycles. The fourth-order valence-electron chi connectivity index (χ4n) is 3.24. The van der Waals surface area contributed by atoms with Crippen LogP contribution < -0.4 is 0 Å². The number of fused-ring (bicyclic) bond motifs is 1. The van der Waals surface area contributed by atoms with Gasteiger partial charge in [-0.2, -0.15) is 13.2 Å². The van der Waals surface area contributed by atoms with Crippen LogP contribution in [-0.2, 0) is 16.2 Å². The van der Waals surface area contributed by atoms with Gasteiger partial charge in [-0.05, 0) is 43.3 Å². The molecule has 158 valence electrons. The number of halogens is 3. The second kappa shape index (κ2) is 7.35. The van der Waals surface area contributed by atoms with Crippen molar-refractivity contribution in [3.05, 3.63) is 95.4 Å². The van der Waals surface area contributed by atoms with Gasteiger partial charge in [-0.15, -0.1) is 0 Å². The third-order valence-electron chi connectivity index (χ3n) is 4.77. The first-order chi connectivity index (χ1) is 14.6. The molecule has 0 radical (unpaired) electrons. The van der Waals surface area contributed by atoms with Crippen LogP contribution in [0.4, 0.5) is 13.2 Å². The Labute approximate surface area is 175 Å². The van der Waals surface area contributed by atoms with Gasteiger partial charge < -0.3 is 0 Å². The first-order valence-electron chi connectivity index (χ1n) is 9.10. The first-order valence-corrected chi connectivity index (χ1v) is 10.5. The molecule has 31 heavy (non-hydrogen) atoms. The quantitative estimate of drug-likeness (QED) is 0.423. The summed E-state index contributed by atoms with van der Waals surface area (Å²) in [6.45, 7) is 1.80. The van der Waals surface area contributed by atoms with Crippen molar-refractivity contribution in [1.82, 2.24) is 8.96 Å². The minimum atomic E-state index is -4.74. The Kier molecular flexibility index (Phi) is 4.93. The zero-order valence-corrected chi connectivity index (χ0v) is 16.9. The molecule has 0 saturated carbocycles. The van der Waals surface area contributed by atoms with E-state index < -0.39 is 27.7 Å². The lowest BCUT2D eigenvalue weighted by Crippen LogP contribution is -2.19. The van der Waals surface area contributed by atoms with Crippen molar-refractivity contribution in [2.75, 3.05) is 0 Å². The summed E-state index contributed by atoms with van der Waals surface area (Å²) in [5.41, 5.74) is -0.713. The van der Waals surface area contributed by atoms with Crippen molar-refractivity contribution in [3.63, 3.8) is 0 Å². The SMILES string of the molecule is Cc1ccc(S(=O)(=O)n2c(C(=O)c3ccnc(C(F)(F)F)c3)cc3ccccc32)cc1. The van der Waals surface area contributed by atoms with Crippen LogP contribution in [0.3, 0.4) is 0 Å². The van der Waals surface area contributed by atoms with Gasteiger partial charge in [0.25, 0.3) is 10.0 Å². The highest BCUT2D eigenvalue weighted by Gasteiger charge is 2.34. The lowest BCUT2D eigenvalue weighted by atomic mass is 10.1. The number of carbonyl (C=O) groups is 1. The zero-order valence-electron chi connectivity index (χ0n) is 16.1. The first kappa shape index (κ1) is 20.8. The molecule has 4 rings (SSSR count). The number of pyridine rings is 1. The fourth-order valence-corrected chi connectivity index (χ4v) is 4.75. The van der Waals surface area contributed by atoms with E-state index in [0.29, 0.717) is 11.5 Å². The fraction of sp³-hybridized carbons (Fsp3) is 0.0909. The van der Waals surface area contributed by atoms with E-state index >= 15 is 0 Å². The predicted octanol–water partition coefficient (Wildman–Crippen LogP) is 4.83. The topological polar surface area (TPSA) is 69.0 Å². The van der Waals surface area contributed by atoms with Crippen LogP contribution in [0.1, 0.15) is 27.3 Å². The number of rotatable bonds is 4. The summed E-state index contributed by atoms with van der Waals surface area (Å²) in [6.07, 6.45) is -3.87. The summed E-state index contributed by atoms with van der Waals surface area (Å²) < 4.78 is 66.9. The van der Waals surface area contributed by atoms with Crippen molar-refractivity contribution in [2.45, 2.75) is 18.0 Å². The van der Waals surface area contributed by atoms with Gasteiger partial charge in [-0.25, -0.2) is 12.4 Å². The molecule has 4 aromatic rings. The minimum absolute atomic E-state index is 0.0424. The Morgan fingerprint density at radius 3 is 2.32 bits per heavy atom. The van der Waals surface area contributed by atoms with Crippen molar-refractivity contribution in [3.8, 4) is 0 Å². The predicted molar refractivity (Wildman–Crippen MR) is 108 cm³/mol. The molecular weight excluding hydrogens is 429 g/mol. The van der Waals surface area contributed by atoms with Gasteiger partial charge in [-0.1, -0.05) is 35.9 Å². The van der Waals surface area contributed by atoms with Crippen molar-refractivity contribution in [1.29, 1.82) is 0 Å². The summed E-state index contributed by atoms with van der Waals surface area (Å²) in [6, 6.07) is 15.6. The van der Waals surface area contributed by atoms with Crippen molar-refractivity contribution in [2.24, 2.45) is 0 Å². The Morgan fingerprint density at radius 1 is 0.968 bits per heavy atom. The Balaban J connectivity index is 1.94. The second-order valence-corrected chi connectivity index (χ2v) is 8.71. The Bertz CT molecular complexity index is 1410. The third kappa shape index (κ3) is 3.72. The molecule has 0 aliphatic heterocycles. The third-order valence-corrected chi connectivity index (χ3v) is 6.51. The highest BCUT2D eigenvalue weighted by Crippen LogP contribution is 2.30. The number of para-hydroxylation sites is 1. The standard InChI is InChI=1S/C22H15F3N2O3S/c1-14-6-8-17(9-7-14)31(29,30)27-18-5-3-2-4-15(18)12-19(27)21(28)16-10-11-26-20(13-16)22(23,24)25/h2-13H,1H3. The maximum absolute atomic E-state index is 13.4. The normalized spacial score (nSPS) is 12.3. The Morgan fingerprint density at radius 2 is 1.65 bits per heavy atom. The number of alkyl halides is 3. The van der Waals surface area contributed by atoms with Crippen LogP contribution in [0.25, 0.3) is 10.9 Å². The molecule has 2 heterocycles. The molecule has 0 N–H and O–H groups in total. The van der Waals surface area contributed by atoms with Gasteiger partial charge in [0.1, 0.15) is 11.4 Å². The molecule has 0 aliphatic carbocycles. The van der Waals surface area contributed by atoms with Crippen LogP contribution in [0, 0.1) is 6.92 Å². The second-order valence-electron chi connectivity index (χ2n) is 6.93. The molecule has 0 spiro atoms. The van der Waals surface area contributed by atoms with E-state index in [-0.39, 0.29) is 21.7 Å². The van der Waals surface area contributed by atoms with Gasteiger partial charge in [-0.3, -0.25) is 9.78 Å². The zero-order chi connectivity index (χ0) is 22.4. The molecule has 9 heteroatoms. The van der Waals surface area contributed by atoms with Gasteiger partial charge in [0.05, 0.1) is 10.4 Å². The van der Waals surface area contributed by atoms with E-state index in [2.05, 4.69) is 4.98 Å². The molecule has 0 saturated heterocycles. The number of carbonyl (C=O) groups excluding carboxylic acids is 1. The lowest BCUT2D eigenvalue weighted by molar-refractivity contribution is -0.141. The molecule has 0 amide bonds. The monoisotopic (exact) mass is 444 g/mol. The summed E-state index contributed by atoms with van der Waals surface area (Å²) >= 11 is 0. The molecule has 2 aromatic carbocycles. The van der Waals surface area contributed by atoms with Gasteiger partial charge in [0.2, 0.25) is 5.78 Å². The number of hydrogen-bond acceptors (Lipinski definition) is 4. The average Bonchev–Trinajstić information content (AvgIpc) is 3.13. The molecule has 0 unspecified atom stereocenters. The molecule has 0 fully saturated rings. The number of aromatic nitrogens is 2. The van der Waals surface area contributed by atoms with E-state index in [4.69, 9.17) is 0 Å². The summed E-state index contributed by atoms with van der Waals surface area (Å²) in [7, 11) is -4.20. The highest BCUT2D eigenvalue weighted by molar-refractivity contribution is 7.90. The van der Waals surface area contributed by atoms with Crippen LogP contribution >= 0.6 is 0 Å². The van der Waals surface area contributed by atoms with Gasteiger partial charge >= 0.3 is 6.18 Å². The van der Waals surface area contributed by atoms with Crippen LogP contribution in [0.5, 0.6) is 0 Å². The van der Waals surface area contributed by atoms with Gasteiger partial charge in [0.15, 0.2) is 0 Å². The summed E-state index contributed by atoms with van der Waals surface area (Å²) in [4.78, 5) is 16.4. The Hall–Kier alpha value is -3.46. The van der Waals surface area contributed by atoms with Crippen LogP contribution in [0.15, 0.2) is 77.8 Å². The maximum Gasteiger partial charge on any atom is 0.433 e. The maximum atomic E-state index is 13.4. The van der Waals surface area contributed by atoms with E-state index in [1.807, 2.05) is 0 Å². The number of nitrogens with zero attached hydrogens (tertiary/aromatic N) is 2. The van der Waals surface area contributed by atoms with Crippen molar-refractivity contribution >= 4 is 26.7 Å². The van der Waals surface area contributed by atoms with Crippen molar-refractivity contribution < 1.29 is 26.4 Å². The number of ketones is 1.